The van der Waals surface area contributed by atoms with Crippen molar-refractivity contribution in [1.29, 1.82) is 0 Å². The molecule has 0 radical (unpaired) electrons. The molecule has 1 aliphatic carbocycles. The summed E-state index contributed by atoms with van der Waals surface area (Å²) in [5.41, 5.74) is -1.84. The topological polar surface area (TPSA) is 29.5 Å². The van der Waals surface area contributed by atoms with Gasteiger partial charge in [-0.3, -0.25) is 0 Å². The fraction of sp³-hybridized carbons (Fsp3) is 0.538. The lowest BCUT2D eigenvalue weighted by molar-refractivity contribution is 0.0412. The minimum atomic E-state index is -3.04. The number of ether oxygens (including phenoxy) is 1. The molecule has 1 aromatic rings. The Labute approximate surface area is 120 Å². The van der Waals surface area contributed by atoms with E-state index in [1.54, 1.807) is 12.1 Å². The van der Waals surface area contributed by atoms with Gasteiger partial charge in [0.15, 0.2) is 0 Å². The number of benzene rings is 1. The predicted octanol–water partition coefficient (Wildman–Crippen LogP) is 3.50. The van der Waals surface area contributed by atoms with Crippen LogP contribution in [0.1, 0.15) is 39.8 Å². The van der Waals surface area contributed by atoms with Crippen molar-refractivity contribution >= 4 is 23.2 Å². The molecule has 1 fully saturated rings. The summed E-state index contributed by atoms with van der Waals surface area (Å²) in [6.07, 6.45) is 0.613. The van der Waals surface area contributed by atoms with E-state index >= 15 is 0 Å². The van der Waals surface area contributed by atoms with E-state index in [0.29, 0.717) is 6.42 Å². The van der Waals surface area contributed by atoms with Crippen LogP contribution in [-0.2, 0) is 0 Å². The zero-order chi connectivity index (χ0) is 17.7. The summed E-state index contributed by atoms with van der Waals surface area (Å²) in [5.74, 6) is 0.0122. The minimum absolute atomic E-state index is 0.0206. The fourth-order valence-corrected chi connectivity index (χ4v) is 2.14. The molecule has 2 rings (SSSR count). The molecule has 0 aliphatic heterocycles. The standard InChI is InChI=1S/C13H16Cl2O2/c1-12(2,8-16)17-10-5-3-9(4-6-10)11-7-13(11,14)15/h3-6,11,16H,7-8H2,1-2H3/i1D3,2D3. The highest BCUT2D eigenvalue weighted by Gasteiger charge is 2.52. The maximum Gasteiger partial charge on any atom is 0.126 e. The molecule has 0 spiro atoms. The first-order valence-electron chi connectivity index (χ1n) is 8.12. The monoisotopic (exact) mass is 280 g/mol. The van der Waals surface area contributed by atoms with Crippen LogP contribution < -0.4 is 4.74 Å². The van der Waals surface area contributed by atoms with Gasteiger partial charge in [0.25, 0.3) is 0 Å². The van der Waals surface area contributed by atoms with Gasteiger partial charge in [0.1, 0.15) is 15.7 Å². The lowest BCUT2D eigenvalue weighted by Gasteiger charge is -2.23. The Morgan fingerprint density at radius 2 is 2.06 bits per heavy atom. The summed E-state index contributed by atoms with van der Waals surface area (Å²) in [4.78, 5) is 0. The highest BCUT2D eigenvalue weighted by atomic mass is 35.5. The number of rotatable bonds is 4. The predicted molar refractivity (Wildman–Crippen MR) is 70.0 cm³/mol. The number of aliphatic hydroxyl groups excluding tert-OH is 1. The highest BCUT2D eigenvalue weighted by molar-refractivity contribution is 6.51. The lowest BCUT2D eigenvalue weighted by atomic mass is 10.1. The first-order valence-corrected chi connectivity index (χ1v) is 5.87. The number of hydrogen-bond acceptors (Lipinski definition) is 2. The summed E-state index contributed by atoms with van der Waals surface area (Å²) in [5, 5.41) is 9.45. The average Bonchev–Trinajstić information content (AvgIpc) is 3.02. The van der Waals surface area contributed by atoms with Crippen molar-refractivity contribution < 1.29 is 18.1 Å². The number of alkyl halides is 2. The average molecular weight is 281 g/mol. The second kappa shape index (κ2) is 4.34. The molecular formula is C13H16Cl2O2. The van der Waals surface area contributed by atoms with Crippen molar-refractivity contribution in [1.82, 2.24) is 0 Å². The fourth-order valence-electron chi connectivity index (χ4n) is 1.58. The molecule has 0 bridgehead atoms. The molecule has 0 aromatic heterocycles. The third kappa shape index (κ3) is 3.06. The van der Waals surface area contributed by atoms with Gasteiger partial charge < -0.3 is 9.84 Å². The number of halogens is 2. The van der Waals surface area contributed by atoms with Gasteiger partial charge in [0.2, 0.25) is 0 Å². The summed E-state index contributed by atoms with van der Waals surface area (Å²) < 4.78 is 49.3. The van der Waals surface area contributed by atoms with Crippen molar-refractivity contribution in [3.63, 3.8) is 0 Å². The molecule has 17 heavy (non-hydrogen) atoms. The molecule has 1 aliphatic rings. The van der Waals surface area contributed by atoms with E-state index in [1.807, 2.05) is 0 Å². The van der Waals surface area contributed by atoms with E-state index in [0.717, 1.165) is 5.56 Å². The van der Waals surface area contributed by atoms with E-state index in [-0.39, 0.29) is 11.7 Å². The molecule has 0 heterocycles. The summed E-state index contributed by atoms with van der Waals surface area (Å²) >= 11 is 12.0. The van der Waals surface area contributed by atoms with Crippen molar-refractivity contribution in [2.45, 2.75) is 36.0 Å². The van der Waals surface area contributed by atoms with Gasteiger partial charge in [-0.15, -0.1) is 23.2 Å². The van der Waals surface area contributed by atoms with Crippen LogP contribution in [0.25, 0.3) is 0 Å². The summed E-state index contributed by atoms with van der Waals surface area (Å²) in [6, 6.07) is 6.18. The van der Waals surface area contributed by atoms with Crippen LogP contribution in [-0.4, -0.2) is 21.6 Å². The van der Waals surface area contributed by atoms with Crippen molar-refractivity contribution in [3.05, 3.63) is 29.8 Å². The molecule has 1 N–H and O–H groups in total. The van der Waals surface area contributed by atoms with E-state index in [2.05, 4.69) is 0 Å². The van der Waals surface area contributed by atoms with Gasteiger partial charge in [-0.05, 0) is 37.8 Å². The molecule has 0 saturated heterocycles. The molecule has 1 saturated carbocycles. The van der Waals surface area contributed by atoms with Crippen LogP contribution in [0.4, 0.5) is 0 Å². The number of hydrogen-bond donors (Lipinski definition) is 1. The second-order valence-electron chi connectivity index (χ2n) is 4.17. The van der Waals surface area contributed by atoms with Gasteiger partial charge in [0.05, 0.1) is 6.61 Å². The molecule has 1 atom stereocenters. The first kappa shape index (κ1) is 7.22. The Hall–Kier alpha value is -0.440. The molecule has 2 nitrogen and oxygen atoms in total. The van der Waals surface area contributed by atoms with Gasteiger partial charge in [-0.25, -0.2) is 0 Å². The van der Waals surface area contributed by atoms with Crippen molar-refractivity contribution in [2.75, 3.05) is 6.61 Å². The second-order valence-corrected chi connectivity index (χ2v) is 5.72. The third-order valence-electron chi connectivity index (χ3n) is 2.62. The Morgan fingerprint density at radius 3 is 2.47 bits per heavy atom. The van der Waals surface area contributed by atoms with Gasteiger partial charge in [-0.2, -0.15) is 0 Å². The molecule has 0 amide bonds. The maximum absolute atomic E-state index is 9.45. The molecule has 1 unspecified atom stereocenters. The molecule has 4 heteroatoms. The van der Waals surface area contributed by atoms with Gasteiger partial charge in [-0.1, -0.05) is 12.1 Å². The Balaban J connectivity index is 2.27. The number of aliphatic hydroxyl groups is 1. The quantitative estimate of drug-likeness (QED) is 0.856. The van der Waals surface area contributed by atoms with E-state index < -0.39 is 30.2 Å². The van der Waals surface area contributed by atoms with E-state index in [1.165, 1.54) is 12.1 Å². The first-order chi connectivity index (χ1) is 10.3. The van der Waals surface area contributed by atoms with Crippen molar-refractivity contribution in [2.24, 2.45) is 0 Å². The van der Waals surface area contributed by atoms with Crippen LogP contribution in [0.2, 0.25) is 0 Å². The van der Waals surface area contributed by atoms with Gasteiger partial charge >= 0.3 is 0 Å². The summed E-state index contributed by atoms with van der Waals surface area (Å²) in [6.45, 7) is -7.25. The minimum Gasteiger partial charge on any atom is -0.485 e. The zero-order valence-corrected chi connectivity index (χ0v) is 10.4. The van der Waals surface area contributed by atoms with Crippen LogP contribution >= 0.6 is 23.2 Å². The summed E-state index contributed by atoms with van der Waals surface area (Å²) in [7, 11) is 0. The van der Waals surface area contributed by atoms with Gasteiger partial charge in [0, 0.05) is 14.1 Å². The van der Waals surface area contributed by atoms with E-state index in [9.17, 15) is 5.11 Å². The highest BCUT2D eigenvalue weighted by Crippen LogP contribution is 2.59. The van der Waals surface area contributed by atoms with Crippen LogP contribution in [0.15, 0.2) is 24.3 Å². The third-order valence-corrected chi connectivity index (χ3v) is 3.46. The SMILES string of the molecule is [2H]C([2H])([2H])C(CO)(Oc1ccc(C2CC2(Cl)Cl)cc1)C([2H])([2H])[2H]. The normalized spacial score (nSPS) is 29.0. The van der Waals surface area contributed by atoms with Crippen molar-refractivity contribution in [3.8, 4) is 5.75 Å². The molecule has 1 aromatic carbocycles. The Bertz CT molecular complexity index is 553. The smallest absolute Gasteiger partial charge is 0.126 e. The maximum atomic E-state index is 9.45. The lowest BCUT2D eigenvalue weighted by Crippen LogP contribution is -2.32. The Kier molecular flexibility index (Phi) is 1.85. The largest absolute Gasteiger partial charge is 0.485 e. The van der Waals surface area contributed by atoms with Crippen LogP contribution in [0.5, 0.6) is 5.75 Å². The zero-order valence-electron chi connectivity index (χ0n) is 14.9. The van der Waals surface area contributed by atoms with Crippen LogP contribution in [0.3, 0.4) is 0 Å². The molecule has 94 valence electrons. The Morgan fingerprint density at radius 1 is 1.47 bits per heavy atom. The van der Waals surface area contributed by atoms with Crippen LogP contribution in [0, 0.1) is 0 Å². The molecular weight excluding hydrogens is 259 g/mol. The van der Waals surface area contributed by atoms with E-state index in [4.69, 9.17) is 36.2 Å².